The van der Waals surface area contributed by atoms with Crippen LogP contribution in [-0.2, 0) is 30.4 Å². The standard InChI is InChI=1S/C23H35N5O7/c1-4-12(2)18(25)21(32)26-15(10-14-8-6-5-7-9-14)20(31)28-19(13(3)29)22(33)27-16(23(34)35)11-17(24)30/h5-9,12-13,15-16,18-19,29H,4,10-11,25H2,1-3H3,(H2,24,30)(H,26,32)(H,27,33)(H,28,31)(H,34,35). The van der Waals surface area contributed by atoms with Crippen LogP contribution in [0.5, 0.6) is 0 Å². The number of aliphatic carboxylic acids is 1. The van der Waals surface area contributed by atoms with Crippen LogP contribution < -0.4 is 27.4 Å². The second kappa shape index (κ2) is 14.0. The summed E-state index contributed by atoms with van der Waals surface area (Å²) in [4.78, 5) is 60.9. The largest absolute Gasteiger partial charge is 0.480 e. The van der Waals surface area contributed by atoms with Crippen molar-refractivity contribution in [3.63, 3.8) is 0 Å². The van der Waals surface area contributed by atoms with Crippen LogP contribution in [0.2, 0.25) is 0 Å². The second-order valence-corrected chi connectivity index (χ2v) is 8.46. The second-order valence-electron chi connectivity index (χ2n) is 8.46. The van der Waals surface area contributed by atoms with Crippen LogP contribution in [0.1, 0.15) is 39.2 Å². The predicted molar refractivity (Wildman–Crippen MR) is 126 cm³/mol. The zero-order valence-electron chi connectivity index (χ0n) is 20.1. The molecule has 12 nitrogen and oxygen atoms in total. The van der Waals surface area contributed by atoms with Crippen LogP contribution in [-0.4, -0.2) is 70.1 Å². The summed E-state index contributed by atoms with van der Waals surface area (Å²) >= 11 is 0. The average molecular weight is 494 g/mol. The quantitative estimate of drug-likeness (QED) is 0.160. The molecule has 1 rings (SSSR count). The molecule has 0 aliphatic heterocycles. The van der Waals surface area contributed by atoms with Gasteiger partial charge in [0, 0.05) is 6.42 Å². The molecule has 35 heavy (non-hydrogen) atoms. The minimum atomic E-state index is -1.65. The van der Waals surface area contributed by atoms with Crippen molar-refractivity contribution in [2.45, 2.75) is 70.3 Å². The molecule has 9 N–H and O–H groups in total. The number of primary amides is 1. The van der Waals surface area contributed by atoms with Gasteiger partial charge in [-0.05, 0) is 18.4 Å². The van der Waals surface area contributed by atoms with Gasteiger partial charge in [-0.2, -0.15) is 0 Å². The van der Waals surface area contributed by atoms with E-state index in [-0.39, 0.29) is 12.3 Å². The number of carboxylic acid groups (broad SMARTS) is 1. The Kier molecular flexibility index (Phi) is 11.8. The maximum Gasteiger partial charge on any atom is 0.326 e. The van der Waals surface area contributed by atoms with Gasteiger partial charge in [-0.15, -0.1) is 0 Å². The van der Waals surface area contributed by atoms with E-state index in [4.69, 9.17) is 11.5 Å². The van der Waals surface area contributed by atoms with Crippen LogP contribution in [0.15, 0.2) is 30.3 Å². The van der Waals surface area contributed by atoms with Crippen molar-refractivity contribution in [3.8, 4) is 0 Å². The van der Waals surface area contributed by atoms with Crippen molar-refractivity contribution < 1.29 is 34.2 Å². The molecule has 6 atom stereocenters. The lowest BCUT2D eigenvalue weighted by atomic mass is 9.98. The van der Waals surface area contributed by atoms with Gasteiger partial charge in [0.1, 0.15) is 18.1 Å². The SMILES string of the molecule is CCC(C)C(N)C(=O)NC(Cc1ccccc1)C(=O)NC(C(=O)NC(CC(N)=O)C(=O)O)C(C)O. The molecule has 0 aromatic heterocycles. The van der Waals surface area contributed by atoms with Crippen molar-refractivity contribution in [1.29, 1.82) is 0 Å². The lowest BCUT2D eigenvalue weighted by Gasteiger charge is -2.27. The summed E-state index contributed by atoms with van der Waals surface area (Å²) in [5.41, 5.74) is 11.7. The highest BCUT2D eigenvalue weighted by Crippen LogP contribution is 2.09. The fraction of sp³-hybridized carbons (Fsp3) is 0.522. The topological polar surface area (TPSA) is 214 Å². The first-order valence-electron chi connectivity index (χ1n) is 11.3. The number of hydrogen-bond acceptors (Lipinski definition) is 7. The number of carboxylic acids is 1. The maximum absolute atomic E-state index is 13.1. The van der Waals surface area contributed by atoms with Crippen molar-refractivity contribution in [1.82, 2.24) is 16.0 Å². The Bertz CT molecular complexity index is 894. The van der Waals surface area contributed by atoms with E-state index in [0.717, 1.165) is 5.56 Å². The van der Waals surface area contributed by atoms with E-state index >= 15 is 0 Å². The molecule has 4 amide bonds. The molecule has 1 aromatic rings. The summed E-state index contributed by atoms with van der Waals surface area (Å²) in [6, 6.07) is 3.57. The number of carbonyl (C=O) groups is 5. The number of amides is 4. The fourth-order valence-corrected chi connectivity index (χ4v) is 3.16. The summed E-state index contributed by atoms with van der Waals surface area (Å²) in [6.45, 7) is 4.90. The number of hydrogen-bond donors (Lipinski definition) is 7. The Balaban J connectivity index is 3.09. The molecular weight excluding hydrogens is 458 g/mol. The lowest BCUT2D eigenvalue weighted by molar-refractivity contribution is -0.144. The molecule has 0 saturated carbocycles. The fourth-order valence-electron chi connectivity index (χ4n) is 3.16. The lowest BCUT2D eigenvalue weighted by Crippen LogP contribution is -2.60. The summed E-state index contributed by atoms with van der Waals surface area (Å²) < 4.78 is 0. The minimum Gasteiger partial charge on any atom is -0.480 e. The van der Waals surface area contributed by atoms with Crippen LogP contribution in [0, 0.1) is 5.92 Å². The Morgan fingerprint density at radius 1 is 0.914 bits per heavy atom. The van der Waals surface area contributed by atoms with Crippen LogP contribution in [0.4, 0.5) is 0 Å². The third kappa shape index (κ3) is 9.71. The van der Waals surface area contributed by atoms with Gasteiger partial charge in [0.25, 0.3) is 0 Å². The highest BCUT2D eigenvalue weighted by Gasteiger charge is 2.33. The summed E-state index contributed by atoms with van der Waals surface area (Å²) in [5.74, 6) is -5.00. The molecule has 0 bridgehead atoms. The number of rotatable bonds is 14. The van der Waals surface area contributed by atoms with Gasteiger partial charge in [-0.3, -0.25) is 19.2 Å². The molecule has 12 heteroatoms. The van der Waals surface area contributed by atoms with E-state index in [1.54, 1.807) is 37.3 Å². The zero-order valence-corrected chi connectivity index (χ0v) is 20.1. The Labute approximate surface area is 203 Å². The van der Waals surface area contributed by atoms with Crippen LogP contribution >= 0.6 is 0 Å². The molecule has 1 aromatic carbocycles. The van der Waals surface area contributed by atoms with Crippen molar-refractivity contribution in [2.24, 2.45) is 17.4 Å². The summed E-state index contributed by atoms with van der Waals surface area (Å²) in [7, 11) is 0. The van der Waals surface area contributed by atoms with Crippen LogP contribution in [0.25, 0.3) is 0 Å². The predicted octanol–water partition coefficient (Wildman–Crippen LogP) is -1.60. The number of aliphatic hydroxyl groups excluding tert-OH is 1. The third-order valence-electron chi connectivity index (χ3n) is 5.56. The zero-order chi connectivity index (χ0) is 26.7. The van der Waals surface area contributed by atoms with E-state index in [1.807, 2.05) is 6.92 Å². The molecule has 0 saturated heterocycles. The molecular formula is C23H35N5O7. The highest BCUT2D eigenvalue weighted by molar-refractivity contribution is 5.95. The molecule has 0 aliphatic carbocycles. The summed E-state index contributed by atoms with van der Waals surface area (Å²) in [6.07, 6.45) is -1.40. The number of carbonyl (C=O) groups excluding carboxylic acids is 4. The number of nitrogens with one attached hydrogen (secondary N) is 3. The summed E-state index contributed by atoms with van der Waals surface area (Å²) in [5, 5.41) is 26.3. The first-order valence-corrected chi connectivity index (χ1v) is 11.3. The monoisotopic (exact) mass is 493 g/mol. The first-order chi connectivity index (χ1) is 16.4. The third-order valence-corrected chi connectivity index (χ3v) is 5.56. The van der Waals surface area contributed by atoms with Gasteiger partial charge in [-0.1, -0.05) is 50.6 Å². The van der Waals surface area contributed by atoms with Gasteiger partial charge < -0.3 is 37.6 Å². The van der Waals surface area contributed by atoms with E-state index in [1.165, 1.54) is 6.92 Å². The van der Waals surface area contributed by atoms with Crippen molar-refractivity contribution >= 4 is 29.6 Å². The number of nitrogens with two attached hydrogens (primary N) is 2. The maximum atomic E-state index is 13.1. The Hall–Kier alpha value is -3.51. The van der Waals surface area contributed by atoms with Gasteiger partial charge in [-0.25, -0.2) is 4.79 Å². The highest BCUT2D eigenvalue weighted by atomic mass is 16.4. The van der Waals surface area contributed by atoms with E-state index < -0.39 is 66.3 Å². The van der Waals surface area contributed by atoms with Gasteiger partial charge in [0.05, 0.1) is 18.6 Å². The average Bonchev–Trinajstić information content (AvgIpc) is 2.80. The normalized spacial score (nSPS) is 16.0. The minimum absolute atomic E-state index is 0.0687. The van der Waals surface area contributed by atoms with Crippen molar-refractivity contribution in [3.05, 3.63) is 35.9 Å². The van der Waals surface area contributed by atoms with E-state index in [2.05, 4.69) is 16.0 Å². The van der Waals surface area contributed by atoms with Gasteiger partial charge in [0.2, 0.25) is 23.6 Å². The Morgan fingerprint density at radius 2 is 1.49 bits per heavy atom. The number of aliphatic hydroxyl groups is 1. The van der Waals surface area contributed by atoms with Crippen LogP contribution in [0.3, 0.4) is 0 Å². The molecule has 0 fully saturated rings. The van der Waals surface area contributed by atoms with E-state index in [0.29, 0.717) is 6.42 Å². The van der Waals surface area contributed by atoms with Gasteiger partial charge >= 0.3 is 5.97 Å². The molecule has 0 heterocycles. The molecule has 194 valence electrons. The Morgan fingerprint density at radius 3 is 1.97 bits per heavy atom. The molecule has 6 unspecified atom stereocenters. The van der Waals surface area contributed by atoms with E-state index in [9.17, 15) is 34.2 Å². The molecule has 0 spiro atoms. The molecule has 0 aliphatic rings. The van der Waals surface area contributed by atoms with Gasteiger partial charge in [0.15, 0.2) is 0 Å². The first kappa shape index (κ1) is 29.5. The smallest absolute Gasteiger partial charge is 0.326 e. The molecule has 0 radical (unpaired) electrons. The van der Waals surface area contributed by atoms with Crippen molar-refractivity contribution in [2.75, 3.05) is 0 Å². The number of benzene rings is 1.